The van der Waals surface area contributed by atoms with E-state index in [9.17, 15) is 4.79 Å². The molecule has 1 saturated carbocycles. The number of aromatic nitrogens is 2. The molecule has 0 aliphatic heterocycles. The van der Waals surface area contributed by atoms with Gasteiger partial charge in [-0.25, -0.2) is 4.98 Å². The van der Waals surface area contributed by atoms with E-state index in [0.717, 1.165) is 11.2 Å². The first kappa shape index (κ1) is 15.3. The summed E-state index contributed by atoms with van der Waals surface area (Å²) in [5.74, 6) is 0.554. The van der Waals surface area contributed by atoms with E-state index in [2.05, 4.69) is 48.4 Å². The fraction of sp³-hybridized carbons (Fsp3) is 0.263. The number of anilines is 1. The number of hydrogen-bond donors (Lipinski definition) is 1. The second kappa shape index (κ2) is 6.65. The maximum atomic E-state index is 10.5. The molecule has 2 aromatic heterocycles. The van der Waals surface area contributed by atoms with Crippen LogP contribution < -0.4 is 5.32 Å². The van der Waals surface area contributed by atoms with Crippen molar-refractivity contribution >= 4 is 17.9 Å². The Morgan fingerprint density at radius 3 is 2.35 bits per heavy atom. The van der Waals surface area contributed by atoms with Gasteiger partial charge in [0.05, 0.1) is 6.20 Å². The van der Waals surface area contributed by atoms with Gasteiger partial charge in [-0.15, -0.1) is 0 Å². The minimum Gasteiger partial charge on any atom is -0.312 e. The van der Waals surface area contributed by atoms with Crippen LogP contribution in [0.5, 0.6) is 0 Å². The van der Waals surface area contributed by atoms with Crippen LogP contribution in [0.4, 0.5) is 5.82 Å². The van der Waals surface area contributed by atoms with Crippen molar-refractivity contribution in [3.8, 4) is 11.1 Å². The molecule has 4 rings (SSSR count). The maximum absolute atomic E-state index is 10.5. The van der Waals surface area contributed by atoms with Crippen LogP contribution in [0.1, 0.15) is 30.4 Å². The van der Waals surface area contributed by atoms with E-state index in [1.165, 1.54) is 36.0 Å². The van der Waals surface area contributed by atoms with Gasteiger partial charge in [0.1, 0.15) is 5.65 Å². The van der Waals surface area contributed by atoms with Crippen LogP contribution in [0.2, 0.25) is 0 Å². The van der Waals surface area contributed by atoms with Crippen LogP contribution >= 0.6 is 0 Å². The van der Waals surface area contributed by atoms with Crippen molar-refractivity contribution in [3.05, 3.63) is 53.9 Å². The van der Waals surface area contributed by atoms with Gasteiger partial charge in [-0.1, -0.05) is 37.5 Å². The first-order valence-electron chi connectivity index (χ1n) is 7.94. The van der Waals surface area contributed by atoms with Gasteiger partial charge in [0, 0.05) is 6.20 Å². The number of carbonyl (C=O) groups is 1. The number of amides is 1. The van der Waals surface area contributed by atoms with Crippen molar-refractivity contribution in [1.29, 1.82) is 0 Å². The molecular weight excluding hydrogens is 286 g/mol. The van der Waals surface area contributed by atoms with Crippen molar-refractivity contribution in [1.82, 2.24) is 9.38 Å². The number of imidazole rings is 1. The highest BCUT2D eigenvalue weighted by atomic mass is 16.1. The molecule has 1 aliphatic rings. The topological polar surface area (TPSA) is 46.4 Å². The third kappa shape index (κ3) is 3.59. The van der Waals surface area contributed by atoms with E-state index in [1.54, 1.807) is 6.20 Å². The van der Waals surface area contributed by atoms with Crippen molar-refractivity contribution < 1.29 is 4.79 Å². The standard InChI is InChI=1S/C16H15N3O.C3H6/c1-11-4-3-5-12(2)16(11)13-6-7-15-18-14(17-10-20)9-19(15)8-13;1-2-3-1/h3-10H,1-2H3,(H,17,20);1-3H2. The Morgan fingerprint density at radius 1 is 1.04 bits per heavy atom. The van der Waals surface area contributed by atoms with Gasteiger partial charge >= 0.3 is 0 Å². The van der Waals surface area contributed by atoms with E-state index >= 15 is 0 Å². The van der Waals surface area contributed by atoms with E-state index in [4.69, 9.17) is 0 Å². The molecule has 0 spiro atoms. The predicted molar refractivity (Wildman–Crippen MR) is 93.6 cm³/mol. The lowest BCUT2D eigenvalue weighted by molar-refractivity contribution is -0.105. The number of fused-ring (bicyclic) bond motifs is 1. The molecule has 0 unspecified atom stereocenters. The number of carbonyl (C=O) groups excluding carboxylic acids is 1. The molecule has 0 radical (unpaired) electrons. The summed E-state index contributed by atoms with van der Waals surface area (Å²) in [4.78, 5) is 14.8. The molecule has 118 valence electrons. The van der Waals surface area contributed by atoms with Gasteiger partial charge in [0.15, 0.2) is 5.82 Å². The van der Waals surface area contributed by atoms with Gasteiger partial charge < -0.3 is 9.72 Å². The number of benzene rings is 1. The average molecular weight is 307 g/mol. The summed E-state index contributed by atoms with van der Waals surface area (Å²) >= 11 is 0. The lowest BCUT2D eigenvalue weighted by Gasteiger charge is -2.10. The Bertz CT molecular complexity index is 811. The first-order valence-corrected chi connectivity index (χ1v) is 7.94. The van der Waals surface area contributed by atoms with E-state index < -0.39 is 0 Å². The monoisotopic (exact) mass is 307 g/mol. The molecule has 2 heterocycles. The molecule has 23 heavy (non-hydrogen) atoms. The quantitative estimate of drug-likeness (QED) is 0.731. The van der Waals surface area contributed by atoms with Crippen LogP contribution in [0, 0.1) is 13.8 Å². The van der Waals surface area contributed by atoms with Crippen molar-refractivity contribution in [2.45, 2.75) is 33.1 Å². The number of hydrogen-bond acceptors (Lipinski definition) is 2. The molecule has 1 amide bonds. The molecule has 1 fully saturated rings. The molecule has 1 N–H and O–H groups in total. The molecule has 1 aliphatic carbocycles. The molecule has 4 nitrogen and oxygen atoms in total. The summed E-state index contributed by atoms with van der Waals surface area (Å²) in [6.45, 7) is 4.22. The summed E-state index contributed by atoms with van der Waals surface area (Å²) < 4.78 is 1.92. The number of pyridine rings is 1. The first-order chi connectivity index (χ1) is 11.2. The Hall–Kier alpha value is -2.62. The fourth-order valence-electron chi connectivity index (χ4n) is 2.54. The van der Waals surface area contributed by atoms with Gasteiger partial charge in [-0.05, 0) is 48.2 Å². The summed E-state index contributed by atoms with van der Waals surface area (Å²) in [6.07, 6.45) is 8.97. The Kier molecular flexibility index (Phi) is 4.42. The second-order valence-electron chi connectivity index (χ2n) is 5.90. The zero-order valence-corrected chi connectivity index (χ0v) is 13.5. The third-order valence-electron chi connectivity index (χ3n) is 3.78. The lowest BCUT2D eigenvalue weighted by Crippen LogP contribution is -1.92. The Morgan fingerprint density at radius 2 is 1.74 bits per heavy atom. The maximum Gasteiger partial charge on any atom is 0.212 e. The molecule has 0 atom stereocenters. The molecule has 4 heteroatoms. The highest BCUT2D eigenvalue weighted by Gasteiger charge is 2.07. The van der Waals surface area contributed by atoms with Crippen LogP contribution in [0.3, 0.4) is 0 Å². The normalized spacial score (nSPS) is 12.4. The summed E-state index contributed by atoms with van der Waals surface area (Å²) in [5, 5.41) is 2.57. The Labute approximate surface area is 136 Å². The van der Waals surface area contributed by atoms with Crippen LogP contribution in [0.25, 0.3) is 16.8 Å². The molecule has 3 aromatic rings. The fourth-order valence-corrected chi connectivity index (χ4v) is 2.54. The minimum absolute atomic E-state index is 0.554. The van der Waals surface area contributed by atoms with Crippen LogP contribution in [-0.2, 0) is 4.79 Å². The molecule has 0 saturated heterocycles. The van der Waals surface area contributed by atoms with E-state index in [0.29, 0.717) is 12.2 Å². The summed E-state index contributed by atoms with van der Waals surface area (Å²) in [6, 6.07) is 10.3. The average Bonchev–Trinajstić information content (AvgIpc) is 3.34. The number of rotatable bonds is 3. The van der Waals surface area contributed by atoms with Crippen LogP contribution in [0.15, 0.2) is 42.7 Å². The number of nitrogens with one attached hydrogen (secondary N) is 1. The highest BCUT2D eigenvalue weighted by Crippen LogP contribution is 2.27. The zero-order chi connectivity index (χ0) is 16.2. The molecular formula is C19H21N3O. The zero-order valence-electron chi connectivity index (χ0n) is 13.5. The van der Waals surface area contributed by atoms with Gasteiger partial charge in [-0.2, -0.15) is 0 Å². The largest absolute Gasteiger partial charge is 0.312 e. The SMILES string of the molecule is C1CC1.Cc1cccc(C)c1-c1ccc2nc(NC=O)cn2c1. The van der Waals surface area contributed by atoms with E-state index in [1.807, 2.05) is 16.7 Å². The lowest BCUT2D eigenvalue weighted by atomic mass is 9.97. The molecule has 0 bridgehead atoms. The summed E-state index contributed by atoms with van der Waals surface area (Å²) in [7, 11) is 0. The van der Waals surface area contributed by atoms with Gasteiger partial charge in [0.2, 0.25) is 6.41 Å². The number of aryl methyl sites for hydroxylation is 2. The third-order valence-corrected chi connectivity index (χ3v) is 3.78. The van der Waals surface area contributed by atoms with E-state index in [-0.39, 0.29) is 0 Å². The predicted octanol–water partition coefficient (Wildman–Crippen LogP) is 4.36. The smallest absolute Gasteiger partial charge is 0.212 e. The van der Waals surface area contributed by atoms with Crippen LogP contribution in [-0.4, -0.2) is 15.8 Å². The minimum atomic E-state index is 0.554. The number of nitrogens with zero attached hydrogens (tertiary/aromatic N) is 2. The van der Waals surface area contributed by atoms with Crippen molar-refractivity contribution in [2.75, 3.05) is 5.32 Å². The highest BCUT2D eigenvalue weighted by molar-refractivity contribution is 5.73. The van der Waals surface area contributed by atoms with Crippen molar-refractivity contribution in [3.63, 3.8) is 0 Å². The van der Waals surface area contributed by atoms with Gasteiger partial charge in [-0.3, -0.25) is 4.79 Å². The molecule has 1 aromatic carbocycles. The Balaban J connectivity index is 0.000000468. The second-order valence-corrected chi connectivity index (χ2v) is 5.90. The summed E-state index contributed by atoms with van der Waals surface area (Å²) in [5.41, 5.74) is 5.69. The van der Waals surface area contributed by atoms with Crippen molar-refractivity contribution in [2.24, 2.45) is 0 Å². The van der Waals surface area contributed by atoms with Gasteiger partial charge in [0.25, 0.3) is 0 Å².